The Morgan fingerprint density at radius 1 is 1.19 bits per heavy atom. The molecule has 5 rings (SSSR count). The number of rotatable bonds is 3. The SMILES string of the molecule is Cn1cc(N2CC[C@@H](N3CCC[C@@H](c4nc5ccccc5[nH]4)C3)C2=O)cn1. The van der Waals surface area contributed by atoms with E-state index in [-0.39, 0.29) is 11.9 Å². The maximum Gasteiger partial charge on any atom is 0.244 e. The van der Waals surface area contributed by atoms with Crippen molar-refractivity contribution in [3.63, 3.8) is 0 Å². The van der Waals surface area contributed by atoms with E-state index in [2.05, 4.69) is 21.0 Å². The van der Waals surface area contributed by atoms with Crippen molar-refractivity contribution in [2.24, 2.45) is 7.05 Å². The number of benzene rings is 1. The normalized spacial score (nSPS) is 24.2. The van der Waals surface area contributed by atoms with E-state index in [1.54, 1.807) is 10.9 Å². The number of fused-ring (bicyclic) bond motifs is 1. The summed E-state index contributed by atoms with van der Waals surface area (Å²) in [4.78, 5) is 25.5. The third-order valence-electron chi connectivity index (χ3n) is 5.87. The minimum atomic E-state index is -0.0302. The number of carbonyl (C=O) groups excluding carboxylic acids is 1. The van der Waals surface area contributed by atoms with Gasteiger partial charge >= 0.3 is 0 Å². The van der Waals surface area contributed by atoms with Crippen molar-refractivity contribution in [1.29, 1.82) is 0 Å². The number of nitrogens with one attached hydrogen (secondary N) is 1. The van der Waals surface area contributed by atoms with Crippen LogP contribution >= 0.6 is 0 Å². The van der Waals surface area contributed by atoms with E-state index in [1.165, 1.54) is 0 Å². The van der Waals surface area contributed by atoms with Gasteiger partial charge in [0, 0.05) is 32.3 Å². The number of imidazole rings is 1. The molecular weight excluding hydrogens is 340 g/mol. The molecule has 2 aromatic heterocycles. The Balaban J connectivity index is 1.33. The Morgan fingerprint density at radius 2 is 2.07 bits per heavy atom. The van der Waals surface area contributed by atoms with Crippen LogP contribution in [0.2, 0.25) is 0 Å². The first-order valence-electron chi connectivity index (χ1n) is 9.68. The van der Waals surface area contributed by atoms with E-state index in [0.717, 1.165) is 61.4 Å². The number of nitrogens with zero attached hydrogens (tertiary/aromatic N) is 5. The summed E-state index contributed by atoms with van der Waals surface area (Å²) in [5.74, 6) is 1.61. The number of likely N-dealkylation sites (tertiary alicyclic amines) is 1. The number of aromatic amines is 1. The minimum absolute atomic E-state index is 0.0302. The molecule has 4 heterocycles. The quantitative estimate of drug-likeness (QED) is 0.774. The Kier molecular flexibility index (Phi) is 3.97. The molecule has 2 aliphatic heterocycles. The molecule has 7 nitrogen and oxygen atoms in total. The molecule has 0 unspecified atom stereocenters. The van der Waals surface area contributed by atoms with Crippen LogP contribution in [0.25, 0.3) is 11.0 Å². The van der Waals surface area contributed by atoms with Gasteiger partial charge in [-0.05, 0) is 37.9 Å². The maximum atomic E-state index is 13.0. The molecule has 1 amide bonds. The monoisotopic (exact) mass is 364 g/mol. The van der Waals surface area contributed by atoms with Gasteiger partial charge in [0.1, 0.15) is 5.82 Å². The Morgan fingerprint density at radius 3 is 2.89 bits per heavy atom. The van der Waals surface area contributed by atoms with E-state index in [0.29, 0.717) is 5.92 Å². The molecule has 3 aromatic rings. The van der Waals surface area contributed by atoms with Crippen molar-refractivity contribution < 1.29 is 4.79 Å². The van der Waals surface area contributed by atoms with E-state index in [1.807, 2.05) is 36.3 Å². The highest BCUT2D eigenvalue weighted by molar-refractivity contribution is 5.99. The first-order valence-corrected chi connectivity index (χ1v) is 9.68. The summed E-state index contributed by atoms with van der Waals surface area (Å²) < 4.78 is 1.74. The lowest BCUT2D eigenvalue weighted by Crippen LogP contribution is -2.46. The smallest absolute Gasteiger partial charge is 0.244 e. The number of carbonyl (C=O) groups is 1. The van der Waals surface area contributed by atoms with E-state index in [4.69, 9.17) is 4.98 Å². The first kappa shape index (κ1) is 16.5. The second-order valence-corrected chi connectivity index (χ2v) is 7.64. The summed E-state index contributed by atoms with van der Waals surface area (Å²) in [5, 5.41) is 4.20. The van der Waals surface area contributed by atoms with Gasteiger partial charge in [0.05, 0.1) is 29.0 Å². The van der Waals surface area contributed by atoms with E-state index >= 15 is 0 Å². The third-order valence-corrected chi connectivity index (χ3v) is 5.87. The van der Waals surface area contributed by atoms with Gasteiger partial charge in [0.2, 0.25) is 5.91 Å². The van der Waals surface area contributed by atoms with Crippen molar-refractivity contribution in [2.75, 3.05) is 24.5 Å². The molecule has 140 valence electrons. The second kappa shape index (κ2) is 6.49. The molecule has 7 heteroatoms. The number of aromatic nitrogens is 4. The molecule has 0 spiro atoms. The summed E-state index contributed by atoms with van der Waals surface area (Å²) in [6, 6.07) is 8.13. The summed E-state index contributed by atoms with van der Waals surface area (Å²) in [6.07, 6.45) is 6.77. The summed E-state index contributed by atoms with van der Waals surface area (Å²) in [7, 11) is 1.88. The highest BCUT2D eigenvalue weighted by Gasteiger charge is 2.39. The van der Waals surface area contributed by atoms with Gasteiger partial charge in [-0.1, -0.05) is 12.1 Å². The van der Waals surface area contributed by atoms with Crippen LogP contribution in [-0.4, -0.2) is 56.2 Å². The largest absolute Gasteiger partial charge is 0.342 e. The lowest BCUT2D eigenvalue weighted by atomic mass is 9.95. The number of anilines is 1. The zero-order chi connectivity index (χ0) is 18.4. The topological polar surface area (TPSA) is 70.1 Å². The zero-order valence-electron chi connectivity index (χ0n) is 15.5. The number of H-pyrrole nitrogens is 1. The standard InChI is InChI=1S/C20H24N6O/c1-24-13-15(11-21-24)26-10-8-18(20(26)27)25-9-4-5-14(12-25)19-22-16-6-2-3-7-17(16)23-19/h2-3,6-7,11,13-14,18H,4-5,8-10,12H2,1H3,(H,22,23)/t14-,18-/m1/s1. The van der Waals surface area contributed by atoms with Crippen molar-refractivity contribution in [2.45, 2.75) is 31.2 Å². The van der Waals surface area contributed by atoms with Gasteiger partial charge in [-0.2, -0.15) is 5.10 Å². The van der Waals surface area contributed by atoms with Crippen molar-refractivity contribution in [3.8, 4) is 0 Å². The molecule has 0 radical (unpaired) electrons. The van der Waals surface area contributed by atoms with Gasteiger partial charge in [-0.15, -0.1) is 0 Å². The fourth-order valence-corrected chi connectivity index (χ4v) is 4.49. The molecule has 2 atom stereocenters. The molecule has 2 aliphatic rings. The fourth-order valence-electron chi connectivity index (χ4n) is 4.49. The van der Waals surface area contributed by atoms with Crippen LogP contribution in [0.15, 0.2) is 36.7 Å². The van der Waals surface area contributed by atoms with Crippen LogP contribution in [0.3, 0.4) is 0 Å². The van der Waals surface area contributed by atoms with Crippen LogP contribution in [0.4, 0.5) is 5.69 Å². The molecule has 2 saturated heterocycles. The number of para-hydroxylation sites is 2. The molecule has 0 bridgehead atoms. The fraction of sp³-hybridized carbons (Fsp3) is 0.450. The second-order valence-electron chi connectivity index (χ2n) is 7.64. The number of aryl methyl sites for hydroxylation is 1. The Labute approximate surface area is 158 Å². The van der Waals surface area contributed by atoms with Crippen LogP contribution in [0, 0.1) is 0 Å². The van der Waals surface area contributed by atoms with E-state index < -0.39 is 0 Å². The predicted octanol–water partition coefficient (Wildman–Crippen LogP) is 2.28. The van der Waals surface area contributed by atoms with E-state index in [9.17, 15) is 4.79 Å². The lowest BCUT2D eigenvalue weighted by molar-refractivity contribution is -0.122. The highest BCUT2D eigenvalue weighted by atomic mass is 16.2. The number of piperidine rings is 1. The summed E-state index contributed by atoms with van der Waals surface area (Å²) in [6.45, 7) is 2.63. The van der Waals surface area contributed by atoms with Crippen LogP contribution < -0.4 is 4.90 Å². The van der Waals surface area contributed by atoms with Crippen LogP contribution in [0.1, 0.15) is 31.0 Å². The Bertz CT molecular complexity index is 943. The van der Waals surface area contributed by atoms with Crippen molar-refractivity contribution >= 4 is 22.6 Å². The molecule has 1 N–H and O–H groups in total. The average molecular weight is 364 g/mol. The molecule has 0 aliphatic carbocycles. The van der Waals surface area contributed by atoms with Gasteiger partial charge in [-0.25, -0.2) is 4.98 Å². The van der Waals surface area contributed by atoms with Gasteiger partial charge in [0.15, 0.2) is 0 Å². The van der Waals surface area contributed by atoms with Gasteiger partial charge in [0.25, 0.3) is 0 Å². The molecule has 27 heavy (non-hydrogen) atoms. The van der Waals surface area contributed by atoms with Gasteiger partial charge in [-0.3, -0.25) is 14.4 Å². The minimum Gasteiger partial charge on any atom is -0.342 e. The average Bonchev–Trinajstić information content (AvgIpc) is 3.39. The number of hydrogen-bond donors (Lipinski definition) is 1. The summed E-state index contributed by atoms with van der Waals surface area (Å²) in [5.41, 5.74) is 3.00. The zero-order valence-corrected chi connectivity index (χ0v) is 15.5. The number of amides is 1. The highest BCUT2D eigenvalue weighted by Crippen LogP contribution is 2.31. The summed E-state index contributed by atoms with van der Waals surface area (Å²) >= 11 is 0. The molecule has 1 aromatic carbocycles. The Hall–Kier alpha value is -2.67. The predicted molar refractivity (Wildman–Crippen MR) is 104 cm³/mol. The number of hydrogen-bond acceptors (Lipinski definition) is 4. The molecule has 2 fully saturated rings. The van der Waals surface area contributed by atoms with Crippen LogP contribution in [-0.2, 0) is 11.8 Å². The first-order chi connectivity index (χ1) is 13.2. The van der Waals surface area contributed by atoms with Crippen LogP contribution in [0.5, 0.6) is 0 Å². The molecular formula is C20H24N6O. The van der Waals surface area contributed by atoms with Gasteiger partial charge < -0.3 is 9.88 Å². The van der Waals surface area contributed by atoms with Crippen molar-refractivity contribution in [3.05, 3.63) is 42.5 Å². The van der Waals surface area contributed by atoms with Crippen molar-refractivity contribution in [1.82, 2.24) is 24.6 Å². The maximum absolute atomic E-state index is 13.0. The lowest BCUT2D eigenvalue weighted by Gasteiger charge is -2.35. The third kappa shape index (κ3) is 2.92. The molecule has 0 saturated carbocycles.